The van der Waals surface area contributed by atoms with Gasteiger partial charge in [0.05, 0.1) is 12.6 Å². The van der Waals surface area contributed by atoms with Gasteiger partial charge in [-0.25, -0.2) is 0 Å². The summed E-state index contributed by atoms with van der Waals surface area (Å²) in [6, 6.07) is 8.02. The van der Waals surface area contributed by atoms with Crippen molar-refractivity contribution in [1.29, 1.82) is 0 Å². The second-order valence-electron chi connectivity index (χ2n) is 5.86. The van der Waals surface area contributed by atoms with Gasteiger partial charge in [-0.2, -0.15) is 0 Å². The minimum absolute atomic E-state index is 0.0391. The lowest BCUT2D eigenvalue weighted by molar-refractivity contribution is -0.129. The molecule has 0 radical (unpaired) electrons. The van der Waals surface area contributed by atoms with Crippen LogP contribution in [0.4, 0.5) is 5.69 Å². The fourth-order valence-electron chi connectivity index (χ4n) is 2.56. The van der Waals surface area contributed by atoms with Crippen LogP contribution in [-0.4, -0.2) is 37.6 Å². The lowest BCUT2D eigenvalue weighted by Crippen LogP contribution is -2.50. The first-order chi connectivity index (χ1) is 11.1. The van der Waals surface area contributed by atoms with Crippen molar-refractivity contribution < 1.29 is 14.3 Å². The molecule has 1 heterocycles. The number of hydrogen-bond acceptors (Lipinski definition) is 3. The normalized spacial score (nSPS) is 18.1. The minimum atomic E-state index is -0.163. The lowest BCUT2D eigenvalue weighted by Gasteiger charge is -2.33. The van der Waals surface area contributed by atoms with Crippen molar-refractivity contribution in [3.63, 3.8) is 0 Å². The molecule has 0 spiro atoms. The first-order valence-electron chi connectivity index (χ1n) is 8.41. The van der Waals surface area contributed by atoms with E-state index in [1.165, 1.54) is 5.56 Å². The molecular formula is C18H26N2O3. The summed E-state index contributed by atoms with van der Waals surface area (Å²) in [5.74, 6) is 0.00834. The maximum atomic E-state index is 12.1. The molecule has 1 unspecified atom stereocenters. The van der Waals surface area contributed by atoms with Gasteiger partial charge in [-0.05, 0) is 30.5 Å². The molecule has 0 bridgehead atoms. The Morgan fingerprint density at radius 3 is 2.70 bits per heavy atom. The number of benzene rings is 1. The van der Waals surface area contributed by atoms with Gasteiger partial charge in [0.2, 0.25) is 5.91 Å². The second-order valence-corrected chi connectivity index (χ2v) is 5.86. The van der Waals surface area contributed by atoms with E-state index in [1.54, 1.807) is 4.90 Å². The van der Waals surface area contributed by atoms with Gasteiger partial charge in [-0.1, -0.05) is 32.4 Å². The molecule has 1 atom stereocenters. The topological polar surface area (TPSA) is 58.6 Å². The average Bonchev–Trinajstić information content (AvgIpc) is 2.59. The summed E-state index contributed by atoms with van der Waals surface area (Å²) < 4.78 is 5.54. The van der Waals surface area contributed by atoms with E-state index in [9.17, 15) is 9.59 Å². The zero-order valence-electron chi connectivity index (χ0n) is 14.0. The molecule has 0 aromatic heterocycles. The number of rotatable bonds is 7. The van der Waals surface area contributed by atoms with Crippen molar-refractivity contribution in [3.05, 3.63) is 29.8 Å². The smallest absolute Gasteiger partial charge is 0.253 e. The Kier molecular flexibility index (Phi) is 6.59. The third-order valence-corrected chi connectivity index (χ3v) is 4.07. The van der Waals surface area contributed by atoms with Crippen molar-refractivity contribution in [1.82, 2.24) is 5.32 Å². The van der Waals surface area contributed by atoms with Gasteiger partial charge in [-0.15, -0.1) is 0 Å². The van der Waals surface area contributed by atoms with Gasteiger partial charge in [0, 0.05) is 18.7 Å². The number of morpholine rings is 1. The van der Waals surface area contributed by atoms with Crippen molar-refractivity contribution in [2.75, 3.05) is 24.6 Å². The zero-order chi connectivity index (χ0) is 16.7. The van der Waals surface area contributed by atoms with Crippen molar-refractivity contribution in [2.45, 2.75) is 45.6 Å². The summed E-state index contributed by atoms with van der Waals surface area (Å²) in [7, 11) is 0. The van der Waals surface area contributed by atoms with E-state index in [0.717, 1.165) is 24.9 Å². The summed E-state index contributed by atoms with van der Waals surface area (Å²) in [6.45, 7) is 5.14. The molecule has 1 aliphatic heterocycles. The van der Waals surface area contributed by atoms with Crippen LogP contribution in [0.25, 0.3) is 0 Å². The quantitative estimate of drug-likeness (QED) is 0.839. The first kappa shape index (κ1) is 17.5. The maximum absolute atomic E-state index is 12.1. The van der Waals surface area contributed by atoms with Crippen LogP contribution in [0.5, 0.6) is 0 Å². The Labute approximate surface area is 138 Å². The lowest BCUT2D eigenvalue weighted by atomic mass is 10.1. The average molecular weight is 318 g/mol. The molecule has 1 N–H and O–H groups in total. The Bertz CT molecular complexity index is 528. The Morgan fingerprint density at radius 1 is 1.30 bits per heavy atom. The summed E-state index contributed by atoms with van der Waals surface area (Å²) in [4.78, 5) is 25.5. The summed E-state index contributed by atoms with van der Waals surface area (Å²) in [5.41, 5.74) is 2.13. The highest BCUT2D eigenvalue weighted by Crippen LogP contribution is 2.19. The standard InChI is InChI=1S/C18H26N2O3/c1-3-5-6-17(21)19-11-16-12-20(18(22)13-23-16)15-9-7-14(4-2)8-10-15/h7-10,16H,3-6,11-13H2,1-2H3,(H,19,21). The van der Waals surface area contributed by atoms with Crippen molar-refractivity contribution in [2.24, 2.45) is 0 Å². The number of anilines is 1. The number of nitrogens with one attached hydrogen (secondary N) is 1. The second kappa shape index (κ2) is 8.67. The van der Waals surface area contributed by atoms with Crippen molar-refractivity contribution >= 4 is 17.5 Å². The van der Waals surface area contributed by atoms with E-state index in [1.807, 2.05) is 24.3 Å². The number of hydrogen-bond donors (Lipinski definition) is 1. The monoisotopic (exact) mass is 318 g/mol. The molecule has 0 aliphatic carbocycles. The van der Waals surface area contributed by atoms with Crippen LogP contribution in [0.1, 0.15) is 38.7 Å². The predicted molar refractivity (Wildman–Crippen MR) is 90.4 cm³/mol. The highest BCUT2D eigenvalue weighted by molar-refractivity contribution is 5.95. The highest BCUT2D eigenvalue weighted by Gasteiger charge is 2.27. The van der Waals surface area contributed by atoms with Crippen LogP contribution in [-0.2, 0) is 20.7 Å². The molecule has 23 heavy (non-hydrogen) atoms. The molecular weight excluding hydrogens is 292 g/mol. The largest absolute Gasteiger partial charge is 0.365 e. The van der Waals surface area contributed by atoms with Crippen molar-refractivity contribution in [3.8, 4) is 0 Å². The molecule has 2 amide bonds. The number of carbonyl (C=O) groups is 2. The Balaban J connectivity index is 1.90. The number of unbranched alkanes of at least 4 members (excludes halogenated alkanes) is 1. The van der Waals surface area contributed by atoms with E-state index in [2.05, 4.69) is 19.2 Å². The molecule has 126 valence electrons. The van der Waals surface area contributed by atoms with E-state index in [0.29, 0.717) is 19.5 Å². The molecule has 5 nitrogen and oxygen atoms in total. The number of aryl methyl sites for hydroxylation is 1. The number of carbonyl (C=O) groups excluding carboxylic acids is 2. The minimum Gasteiger partial charge on any atom is -0.365 e. The fourth-order valence-corrected chi connectivity index (χ4v) is 2.56. The van der Waals surface area contributed by atoms with Gasteiger partial charge in [0.15, 0.2) is 0 Å². The number of amides is 2. The van der Waals surface area contributed by atoms with Crippen LogP contribution in [0.15, 0.2) is 24.3 Å². The molecule has 1 aromatic rings. The van der Waals surface area contributed by atoms with Gasteiger partial charge in [-0.3, -0.25) is 9.59 Å². The fraction of sp³-hybridized carbons (Fsp3) is 0.556. The first-order valence-corrected chi connectivity index (χ1v) is 8.41. The van der Waals surface area contributed by atoms with E-state index >= 15 is 0 Å². The number of ether oxygens (including phenoxy) is 1. The van der Waals surface area contributed by atoms with Gasteiger partial charge >= 0.3 is 0 Å². The van der Waals surface area contributed by atoms with Gasteiger partial charge in [0.25, 0.3) is 5.91 Å². The molecule has 1 fully saturated rings. The van der Waals surface area contributed by atoms with Crippen LogP contribution >= 0.6 is 0 Å². The molecule has 5 heteroatoms. The number of nitrogens with zero attached hydrogens (tertiary/aromatic N) is 1. The third-order valence-electron chi connectivity index (χ3n) is 4.07. The van der Waals surface area contributed by atoms with Crippen LogP contribution in [0.3, 0.4) is 0 Å². The molecule has 2 rings (SSSR count). The van der Waals surface area contributed by atoms with E-state index < -0.39 is 0 Å². The molecule has 1 saturated heterocycles. The summed E-state index contributed by atoms with van der Waals surface area (Å²) >= 11 is 0. The van der Waals surface area contributed by atoms with Gasteiger partial charge in [0.1, 0.15) is 6.61 Å². The SMILES string of the molecule is CCCCC(=O)NCC1CN(c2ccc(CC)cc2)C(=O)CO1. The summed E-state index contributed by atoms with van der Waals surface area (Å²) in [5, 5.41) is 2.89. The Morgan fingerprint density at radius 2 is 2.04 bits per heavy atom. The zero-order valence-corrected chi connectivity index (χ0v) is 14.0. The van der Waals surface area contributed by atoms with Crippen LogP contribution in [0, 0.1) is 0 Å². The Hall–Kier alpha value is -1.88. The highest BCUT2D eigenvalue weighted by atomic mass is 16.5. The summed E-state index contributed by atoms with van der Waals surface area (Å²) in [6.07, 6.45) is 3.26. The predicted octanol–water partition coefficient (Wildman–Crippen LogP) is 2.29. The molecule has 1 aliphatic rings. The molecule has 1 aromatic carbocycles. The molecule has 0 saturated carbocycles. The van der Waals surface area contributed by atoms with E-state index in [4.69, 9.17) is 4.74 Å². The van der Waals surface area contributed by atoms with Crippen LogP contribution < -0.4 is 10.2 Å². The third kappa shape index (κ3) is 5.06. The van der Waals surface area contributed by atoms with E-state index in [-0.39, 0.29) is 24.5 Å². The van der Waals surface area contributed by atoms with Crippen LogP contribution in [0.2, 0.25) is 0 Å². The maximum Gasteiger partial charge on any atom is 0.253 e. The van der Waals surface area contributed by atoms with Gasteiger partial charge < -0.3 is 15.0 Å².